The van der Waals surface area contributed by atoms with Gasteiger partial charge in [0.05, 0.1) is 24.2 Å². The van der Waals surface area contributed by atoms with Crippen LogP contribution in [0.4, 0.5) is 9.59 Å². The maximum atomic E-state index is 13.0. The first kappa shape index (κ1) is 27.3. The molecule has 2 aromatic carbocycles. The Morgan fingerprint density at radius 2 is 1.71 bits per heavy atom. The molecule has 1 aliphatic heterocycles. The molecule has 2 amide bonds. The van der Waals surface area contributed by atoms with Gasteiger partial charge < -0.3 is 25.4 Å². The maximum Gasteiger partial charge on any atom is 0.405 e. The summed E-state index contributed by atoms with van der Waals surface area (Å²) in [6.07, 6.45) is 1.45. The number of methoxy groups -OCH3 is 1. The Morgan fingerprint density at radius 1 is 1.05 bits per heavy atom. The van der Waals surface area contributed by atoms with E-state index in [1.165, 1.54) is 4.57 Å². The number of piperidine rings is 1. The summed E-state index contributed by atoms with van der Waals surface area (Å²) in [4.78, 5) is 39.7. The number of nitrogens with one attached hydrogen (secondary N) is 2. The van der Waals surface area contributed by atoms with Crippen molar-refractivity contribution in [1.82, 2.24) is 24.7 Å². The van der Waals surface area contributed by atoms with E-state index in [2.05, 4.69) is 15.5 Å². The number of hydrogen-bond acceptors (Lipinski definition) is 5. The number of aromatic nitrogens is 2. The molecule has 10 nitrogen and oxygen atoms in total. The lowest BCUT2D eigenvalue weighted by atomic mass is 9.96. The third-order valence-electron chi connectivity index (χ3n) is 7.30. The van der Waals surface area contributed by atoms with Crippen LogP contribution in [0.1, 0.15) is 50.8 Å². The lowest BCUT2D eigenvalue weighted by Crippen LogP contribution is -2.42. The molecule has 2 heterocycles. The summed E-state index contributed by atoms with van der Waals surface area (Å²) in [6, 6.07) is 14.0. The summed E-state index contributed by atoms with van der Waals surface area (Å²) in [6.45, 7) is 6.88. The maximum absolute atomic E-state index is 13.0. The van der Waals surface area contributed by atoms with Gasteiger partial charge in [-0.2, -0.15) is 0 Å². The molecule has 3 N–H and O–H groups in total. The second kappa shape index (κ2) is 12.2. The second-order valence-corrected chi connectivity index (χ2v) is 10.1. The molecule has 4 rings (SSSR count). The number of amides is 2. The lowest BCUT2D eigenvalue weighted by molar-refractivity contribution is 0.168. The monoisotopic (exact) mass is 523 g/mol. The van der Waals surface area contributed by atoms with E-state index in [0.29, 0.717) is 24.4 Å². The van der Waals surface area contributed by atoms with Crippen LogP contribution in [0.15, 0.2) is 53.3 Å². The molecule has 38 heavy (non-hydrogen) atoms. The topological polar surface area (TPSA) is 118 Å². The summed E-state index contributed by atoms with van der Waals surface area (Å²) in [7, 11) is 1.60. The highest BCUT2D eigenvalue weighted by molar-refractivity contribution is 5.89. The first-order chi connectivity index (χ1) is 18.3. The number of benzene rings is 2. The summed E-state index contributed by atoms with van der Waals surface area (Å²) in [5.74, 6) is 1.05. The van der Waals surface area contributed by atoms with Gasteiger partial charge in [0.25, 0.3) is 0 Å². The van der Waals surface area contributed by atoms with Crippen LogP contribution < -0.4 is 21.1 Å². The number of rotatable bonds is 9. The number of carbonyl (C=O) groups is 2. The SMILES string of the molecule is COc1ccc(C(CCN2CCC(CNC(=O)n3c(=O)n(C(C)C)c4ccccc43)CC2)NC(=O)O)cc1. The fraction of sp³-hybridized carbons (Fsp3) is 0.464. The Kier molecular flexibility index (Phi) is 8.73. The van der Waals surface area contributed by atoms with E-state index in [0.717, 1.165) is 49.3 Å². The average molecular weight is 524 g/mol. The Labute approximate surface area is 222 Å². The van der Waals surface area contributed by atoms with Gasteiger partial charge >= 0.3 is 17.8 Å². The smallest absolute Gasteiger partial charge is 0.405 e. The van der Waals surface area contributed by atoms with Crippen molar-refractivity contribution in [2.24, 2.45) is 5.92 Å². The van der Waals surface area contributed by atoms with E-state index in [1.807, 2.05) is 56.3 Å². The number of para-hydroxylation sites is 2. The van der Waals surface area contributed by atoms with Gasteiger partial charge in [-0.1, -0.05) is 24.3 Å². The lowest BCUT2D eigenvalue weighted by Gasteiger charge is -2.33. The van der Waals surface area contributed by atoms with Crippen molar-refractivity contribution in [3.05, 3.63) is 64.6 Å². The van der Waals surface area contributed by atoms with Crippen molar-refractivity contribution in [2.45, 2.75) is 45.2 Å². The number of likely N-dealkylation sites (tertiary alicyclic amines) is 1. The van der Waals surface area contributed by atoms with E-state index in [9.17, 15) is 19.5 Å². The minimum Gasteiger partial charge on any atom is -0.497 e. The number of carbonyl (C=O) groups excluding carboxylic acids is 1. The zero-order valence-corrected chi connectivity index (χ0v) is 22.2. The molecule has 1 unspecified atom stereocenters. The fourth-order valence-electron chi connectivity index (χ4n) is 5.21. The number of imidazole rings is 1. The Hall–Kier alpha value is -3.79. The van der Waals surface area contributed by atoms with Crippen LogP contribution in [0.3, 0.4) is 0 Å². The van der Waals surface area contributed by atoms with E-state index < -0.39 is 12.1 Å². The third-order valence-corrected chi connectivity index (χ3v) is 7.30. The van der Waals surface area contributed by atoms with Gasteiger partial charge in [-0.3, -0.25) is 4.57 Å². The third kappa shape index (κ3) is 6.19. The van der Waals surface area contributed by atoms with Crippen LogP contribution in [-0.4, -0.2) is 64.6 Å². The molecule has 0 bridgehead atoms. The fourth-order valence-corrected chi connectivity index (χ4v) is 5.21. The predicted molar refractivity (Wildman–Crippen MR) is 146 cm³/mol. The average Bonchev–Trinajstić information content (AvgIpc) is 3.22. The van der Waals surface area contributed by atoms with Gasteiger partial charge in [-0.25, -0.2) is 19.0 Å². The molecule has 1 saturated heterocycles. The van der Waals surface area contributed by atoms with Crippen molar-refractivity contribution in [2.75, 3.05) is 33.3 Å². The molecule has 204 valence electrons. The van der Waals surface area contributed by atoms with Crippen LogP contribution in [0.2, 0.25) is 0 Å². The van der Waals surface area contributed by atoms with Gasteiger partial charge in [-0.15, -0.1) is 0 Å². The van der Waals surface area contributed by atoms with Crippen molar-refractivity contribution in [3.8, 4) is 5.75 Å². The van der Waals surface area contributed by atoms with Crippen molar-refractivity contribution in [3.63, 3.8) is 0 Å². The second-order valence-electron chi connectivity index (χ2n) is 10.1. The standard InChI is InChI=1S/C28H37N5O5/c1-19(2)32-24-6-4-5-7-25(24)33(28(32)37)26(34)29-18-20-12-15-31(16-13-20)17-14-23(30-27(35)36)21-8-10-22(38-3)11-9-21/h4-11,19-20,23,30H,12-18H2,1-3H3,(H,29,34)(H,35,36). The van der Waals surface area contributed by atoms with Gasteiger partial charge in [0.2, 0.25) is 0 Å². The first-order valence-corrected chi connectivity index (χ1v) is 13.1. The molecule has 1 atom stereocenters. The molecule has 0 radical (unpaired) electrons. The summed E-state index contributed by atoms with van der Waals surface area (Å²) in [5, 5.41) is 14.9. The Bertz CT molecular complexity index is 1310. The number of fused-ring (bicyclic) bond motifs is 1. The number of nitrogens with zero attached hydrogens (tertiary/aromatic N) is 3. The van der Waals surface area contributed by atoms with E-state index in [-0.39, 0.29) is 17.8 Å². The van der Waals surface area contributed by atoms with Gasteiger partial charge in [-0.05, 0) is 81.9 Å². The molecule has 3 aromatic rings. The molecule has 1 fully saturated rings. The Morgan fingerprint density at radius 3 is 2.32 bits per heavy atom. The van der Waals surface area contributed by atoms with Gasteiger partial charge in [0.15, 0.2) is 0 Å². The molecule has 0 spiro atoms. The molecular weight excluding hydrogens is 486 g/mol. The highest BCUT2D eigenvalue weighted by Gasteiger charge is 2.24. The van der Waals surface area contributed by atoms with Crippen molar-refractivity contribution >= 4 is 23.2 Å². The summed E-state index contributed by atoms with van der Waals surface area (Å²) < 4.78 is 8.08. The quantitative estimate of drug-likeness (QED) is 0.389. The predicted octanol–water partition coefficient (Wildman–Crippen LogP) is 4.06. The molecule has 10 heteroatoms. The van der Waals surface area contributed by atoms with Crippen LogP contribution in [0.25, 0.3) is 11.0 Å². The highest BCUT2D eigenvalue weighted by atomic mass is 16.5. The largest absolute Gasteiger partial charge is 0.497 e. The minimum absolute atomic E-state index is 0.0548. The van der Waals surface area contributed by atoms with E-state index >= 15 is 0 Å². The van der Waals surface area contributed by atoms with Crippen LogP contribution in [0.5, 0.6) is 5.75 Å². The number of ether oxygens (including phenoxy) is 1. The van der Waals surface area contributed by atoms with Crippen LogP contribution in [0, 0.1) is 5.92 Å². The molecule has 0 saturated carbocycles. The van der Waals surface area contributed by atoms with E-state index in [4.69, 9.17) is 4.74 Å². The number of hydrogen-bond donors (Lipinski definition) is 3. The highest BCUT2D eigenvalue weighted by Crippen LogP contribution is 2.23. The zero-order valence-electron chi connectivity index (χ0n) is 22.2. The van der Waals surface area contributed by atoms with Crippen LogP contribution >= 0.6 is 0 Å². The normalized spacial score (nSPS) is 15.5. The Balaban J connectivity index is 1.29. The van der Waals surface area contributed by atoms with Crippen molar-refractivity contribution in [1.29, 1.82) is 0 Å². The van der Waals surface area contributed by atoms with Crippen LogP contribution in [-0.2, 0) is 0 Å². The molecular formula is C28H37N5O5. The number of carboxylic acid groups (broad SMARTS) is 1. The zero-order chi connectivity index (χ0) is 27.2. The van der Waals surface area contributed by atoms with Crippen molar-refractivity contribution < 1.29 is 19.4 Å². The van der Waals surface area contributed by atoms with Gasteiger partial charge in [0, 0.05) is 19.1 Å². The molecule has 1 aromatic heterocycles. The van der Waals surface area contributed by atoms with Gasteiger partial charge in [0.1, 0.15) is 5.75 Å². The molecule has 1 aliphatic rings. The molecule has 0 aliphatic carbocycles. The summed E-state index contributed by atoms with van der Waals surface area (Å²) >= 11 is 0. The summed E-state index contributed by atoms with van der Waals surface area (Å²) in [5.41, 5.74) is 1.94. The van der Waals surface area contributed by atoms with E-state index in [1.54, 1.807) is 17.7 Å². The minimum atomic E-state index is -1.05. The first-order valence-electron chi connectivity index (χ1n) is 13.1.